The number of aromatic hydroxyl groups is 2. The highest BCUT2D eigenvalue weighted by Crippen LogP contribution is 2.49. The number of rotatable bonds is 16. The van der Waals surface area contributed by atoms with Crippen molar-refractivity contribution in [3.8, 4) is 11.5 Å². The van der Waals surface area contributed by atoms with Gasteiger partial charge in [-0.1, -0.05) is 24.3 Å². The van der Waals surface area contributed by atoms with Crippen LogP contribution < -0.4 is 5.73 Å². The maximum absolute atomic E-state index is 12.7. The number of nitrogen functional groups attached to an aromatic ring is 1. The lowest BCUT2D eigenvalue weighted by molar-refractivity contribution is 0.471. The van der Waals surface area contributed by atoms with Crippen molar-refractivity contribution in [2.24, 2.45) is 35.7 Å². The minimum Gasteiger partial charge on any atom is -0.505 e. The number of aliphatic hydroxyl groups is 1. The second kappa shape index (κ2) is 21.4. The Kier molecular flexibility index (Phi) is 16.0. The maximum atomic E-state index is 12.7. The molecule has 0 aliphatic heterocycles. The standard InChI is InChI=1S/C42H32N8O24S7/c1-19(51)44-29-18-28(76(57,58)59)12-22-13-33(80(69,70)71)39(41(52)35(22)29)49-46-25-6-4-20(30(16-25)77(60,61)62)2-3-21-5-7-26(17-31(21)78(63,64)65)47-50-40-34(81(72,73)74)15-23-14-32(79(66,67)68)38(37(43)36(23)42(40)53)48-45-24-8-10-27(11-9-24)75(54,55)56/h2-18,52-53H,43H2,1H3,(H,44,51)(H,54,55,56)(H,57,58,59)(H,60,61,62)(H,63,64,65)(H,66,67,68)(H,69,70,71)(H,72,73,74)/b3-2+,48-45?,49-46?,50-47?. The molecule has 0 saturated carbocycles. The van der Waals surface area contributed by atoms with Crippen LogP contribution in [0.1, 0.15) is 18.1 Å². The predicted octanol–water partition coefficient (Wildman–Crippen LogP) is 7.74. The molecule has 0 heterocycles. The number of aliphatic imine (C=N–C) groups is 1. The molecule has 0 amide bonds. The van der Waals surface area contributed by atoms with Crippen molar-refractivity contribution in [3.63, 3.8) is 0 Å². The number of nitrogens with two attached hydrogens (primary N) is 1. The van der Waals surface area contributed by atoms with E-state index in [2.05, 4.69) is 35.7 Å². The lowest BCUT2D eigenvalue weighted by Gasteiger charge is -2.14. The van der Waals surface area contributed by atoms with Gasteiger partial charge in [-0.05, 0) is 101 Å². The Morgan fingerprint density at radius 2 is 0.765 bits per heavy atom. The average Bonchev–Trinajstić information content (AvgIpc) is 3.53. The summed E-state index contributed by atoms with van der Waals surface area (Å²) in [4.78, 5) is -3.44. The summed E-state index contributed by atoms with van der Waals surface area (Å²) in [5, 5.41) is 52.3. The molecule has 39 heteroatoms. The third-order valence-electron chi connectivity index (χ3n) is 10.8. The van der Waals surface area contributed by atoms with Gasteiger partial charge < -0.3 is 21.1 Å². The van der Waals surface area contributed by atoms with Crippen molar-refractivity contribution in [3.05, 3.63) is 102 Å². The van der Waals surface area contributed by atoms with Gasteiger partial charge in [-0.25, -0.2) is 4.99 Å². The summed E-state index contributed by atoms with van der Waals surface area (Å²) >= 11 is 0. The van der Waals surface area contributed by atoms with Crippen LogP contribution in [0.2, 0.25) is 0 Å². The maximum Gasteiger partial charge on any atom is 0.296 e. The van der Waals surface area contributed by atoms with Gasteiger partial charge in [-0.3, -0.25) is 31.9 Å². The molecule has 0 aliphatic rings. The van der Waals surface area contributed by atoms with E-state index in [-0.39, 0.29) is 5.69 Å². The van der Waals surface area contributed by atoms with Crippen LogP contribution in [0.4, 0.5) is 45.5 Å². The number of hydrogen-bond acceptors (Lipinski definition) is 24. The Hall–Kier alpha value is -8.16. The first-order valence-corrected chi connectivity index (χ1v) is 31.1. The first kappa shape index (κ1) is 60.5. The van der Waals surface area contributed by atoms with Crippen LogP contribution in [0.25, 0.3) is 33.7 Å². The summed E-state index contributed by atoms with van der Waals surface area (Å²) in [5.74, 6) is -3.15. The summed E-state index contributed by atoms with van der Waals surface area (Å²) < 4.78 is 242. The molecule has 0 atom stereocenters. The van der Waals surface area contributed by atoms with Gasteiger partial charge >= 0.3 is 0 Å². The Balaban J connectivity index is 1.28. The summed E-state index contributed by atoms with van der Waals surface area (Å²) in [6, 6.07) is 11.8. The number of benzene rings is 7. The van der Waals surface area contributed by atoms with Crippen molar-refractivity contribution in [1.29, 1.82) is 0 Å². The largest absolute Gasteiger partial charge is 0.505 e. The third-order valence-corrected chi connectivity index (χ3v) is 16.9. The Bertz CT molecular complexity index is 4880. The minimum absolute atomic E-state index is 0.190. The molecule has 7 aromatic rings. The topological polar surface area (TPSA) is 554 Å². The van der Waals surface area contributed by atoms with E-state index in [0.29, 0.717) is 42.5 Å². The molecule has 0 spiro atoms. The van der Waals surface area contributed by atoms with E-state index in [0.717, 1.165) is 67.6 Å². The first-order chi connectivity index (χ1) is 37.1. The van der Waals surface area contributed by atoms with Crippen LogP contribution in [-0.4, -0.2) is 112 Å². The second-order valence-corrected chi connectivity index (χ2v) is 26.1. The van der Waals surface area contributed by atoms with Gasteiger partial charge in [0.2, 0.25) is 0 Å². The van der Waals surface area contributed by atoms with E-state index in [1.807, 2.05) is 0 Å². The van der Waals surface area contributed by atoms with Gasteiger partial charge in [-0.2, -0.15) is 74.3 Å². The molecule has 0 radical (unpaired) electrons. The average molecular weight is 1260 g/mol. The number of fused-ring (bicyclic) bond motifs is 2. The van der Waals surface area contributed by atoms with E-state index < -0.39 is 195 Å². The molecule has 0 aromatic heterocycles. The fourth-order valence-corrected chi connectivity index (χ4v) is 11.7. The molecule has 0 saturated heterocycles. The van der Waals surface area contributed by atoms with Gasteiger partial charge in [0.15, 0.2) is 17.4 Å². The van der Waals surface area contributed by atoms with E-state index in [1.54, 1.807) is 0 Å². The normalized spacial score (nSPS) is 13.7. The van der Waals surface area contributed by atoms with Gasteiger partial charge in [0.25, 0.3) is 70.8 Å². The highest BCUT2D eigenvalue weighted by atomic mass is 32.2. The number of phenolic OH excluding ortho intramolecular Hbond substituents is 2. The highest BCUT2D eigenvalue weighted by molar-refractivity contribution is 7.87. The zero-order valence-corrected chi connectivity index (χ0v) is 45.3. The summed E-state index contributed by atoms with van der Waals surface area (Å²) in [6.07, 6.45) is 1.75. The fourth-order valence-electron chi connectivity index (χ4n) is 7.33. The molecule has 7 aromatic carbocycles. The van der Waals surface area contributed by atoms with Crippen LogP contribution in [0.3, 0.4) is 0 Å². The van der Waals surface area contributed by atoms with Crippen LogP contribution in [0.5, 0.6) is 11.5 Å². The van der Waals surface area contributed by atoms with Crippen LogP contribution >= 0.6 is 0 Å². The Morgan fingerprint density at radius 1 is 0.407 bits per heavy atom. The van der Waals surface area contributed by atoms with Crippen molar-refractivity contribution >= 4 is 156 Å². The van der Waals surface area contributed by atoms with Crippen molar-refractivity contribution in [2.45, 2.75) is 41.2 Å². The van der Waals surface area contributed by atoms with E-state index >= 15 is 0 Å². The molecule has 0 bridgehead atoms. The van der Waals surface area contributed by atoms with Gasteiger partial charge in [0.05, 0.1) is 49.0 Å². The van der Waals surface area contributed by atoms with Crippen molar-refractivity contribution < 1.29 is 106 Å². The second-order valence-electron chi connectivity index (χ2n) is 16.3. The smallest absolute Gasteiger partial charge is 0.296 e. The number of aliphatic hydroxyl groups excluding tert-OH is 1. The molecule has 0 unspecified atom stereocenters. The number of hydrogen-bond donors (Lipinski definition) is 11. The minimum atomic E-state index is -5.47. The number of nitrogens with zero attached hydrogens (tertiary/aromatic N) is 7. The van der Waals surface area contributed by atoms with Crippen LogP contribution in [0, 0.1) is 0 Å². The molecule has 12 N–H and O–H groups in total. The number of phenols is 2. The third kappa shape index (κ3) is 13.4. The van der Waals surface area contributed by atoms with Crippen LogP contribution in [0.15, 0.2) is 161 Å². The van der Waals surface area contributed by atoms with Gasteiger partial charge in [0.1, 0.15) is 41.5 Å². The number of azo groups is 3. The van der Waals surface area contributed by atoms with Crippen molar-refractivity contribution in [1.82, 2.24) is 0 Å². The summed E-state index contributed by atoms with van der Waals surface area (Å²) in [6.45, 7) is 1.02. The Morgan fingerprint density at radius 3 is 1.16 bits per heavy atom. The quantitative estimate of drug-likeness (QED) is 0.0110. The summed E-state index contributed by atoms with van der Waals surface area (Å²) in [5.41, 5.74) is -0.514. The monoisotopic (exact) mass is 1260 g/mol. The Labute approximate surface area is 455 Å². The number of anilines is 1. The lowest BCUT2D eigenvalue weighted by Crippen LogP contribution is -2.03. The molecule has 7 rings (SSSR count). The van der Waals surface area contributed by atoms with E-state index in [4.69, 9.17) is 5.73 Å². The fraction of sp³-hybridized carbons (Fsp3) is 0.0238. The molecule has 426 valence electrons. The lowest BCUT2D eigenvalue weighted by atomic mass is 10.1. The molecular weight excluding hydrogens is 1220 g/mol. The van der Waals surface area contributed by atoms with Gasteiger partial charge in [-0.15, -0.1) is 15.3 Å². The zero-order valence-electron chi connectivity index (χ0n) is 39.6. The molecule has 0 fully saturated rings. The zero-order chi connectivity index (χ0) is 60.3. The molecule has 81 heavy (non-hydrogen) atoms. The van der Waals surface area contributed by atoms with Gasteiger partial charge in [0, 0.05) is 6.92 Å². The highest BCUT2D eigenvalue weighted by Gasteiger charge is 2.30. The first-order valence-electron chi connectivity index (χ1n) is 21.0. The molecule has 0 aliphatic carbocycles. The summed E-state index contributed by atoms with van der Waals surface area (Å²) in [7, 11) is -36.5. The molecular formula is C42H32N8O24S7. The SMILES string of the molecule is CC(O)=Nc1cc(S(=O)(=O)O)cc2cc(S(=O)(=O)O)c(N=Nc3ccc(/C=C/c4ccc(N=Nc5c(S(=O)(=O)O)cc6cc(S(=O)(=O)O)c(N=Nc7ccc(S(=O)(=O)O)cc7)c(N)c6c5O)cc4S(=O)(=O)O)c(S(=O)(=O)O)c3)c(O)c12. The van der Waals surface area contributed by atoms with E-state index in [1.165, 1.54) is 0 Å². The van der Waals surface area contributed by atoms with Crippen LogP contribution in [-0.2, 0) is 70.8 Å². The molecule has 32 nitrogen and oxygen atoms in total. The predicted molar refractivity (Wildman–Crippen MR) is 281 cm³/mol. The van der Waals surface area contributed by atoms with Crippen molar-refractivity contribution in [2.75, 3.05) is 5.73 Å². The van der Waals surface area contributed by atoms with E-state index in [9.17, 15) is 106 Å².